The zero-order valence-electron chi connectivity index (χ0n) is 12.9. The minimum atomic E-state index is -3.92. The highest BCUT2D eigenvalue weighted by molar-refractivity contribution is 7.95. The van der Waals surface area contributed by atoms with E-state index in [1.807, 2.05) is 0 Å². The molecule has 0 aromatic heterocycles. The fraction of sp³-hybridized carbons (Fsp3) is 0.294. The predicted octanol–water partition coefficient (Wildman–Crippen LogP) is 5.10. The first-order valence-corrected chi connectivity index (χ1v) is 9.36. The average molecular weight is 375 g/mol. The van der Waals surface area contributed by atoms with Crippen molar-refractivity contribution in [3.8, 4) is 5.75 Å². The number of hydrogen-bond acceptors (Lipinski definition) is 3. The monoisotopic (exact) mass is 374 g/mol. The van der Waals surface area contributed by atoms with Gasteiger partial charge in [0.25, 0.3) is 0 Å². The van der Waals surface area contributed by atoms with Crippen LogP contribution in [0.4, 0.5) is 8.78 Å². The molecule has 1 aliphatic carbocycles. The van der Waals surface area contributed by atoms with Crippen LogP contribution in [0.15, 0.2) is 53.2 Å². The Balaban J connectivity index is 2.37. The highest BCUT2D eigenvalue weighted by Gasteiger charge is 2.18. The molecule has 2 rings (SSSR count). The fourth-order valence-corrected chi connectivity index (χ4v) is 3.36. The summed E-state index contributed by atoms with van der Waals surface area (Å²) in [5, 5.41) is 0.176. The highest BCUT2D eigenvalue weighted by atomic mass is 35.5. The molecule has 0 bridgehead atoms. The Bertz CT molecular complexity index is 778. The predicted molar refractivity (Wildman–Crippen MR) is 90.7 cm³/mol. The maximum Gasteiger partial charge on any atom is 0.203 e. The van der Waals surface area contributed by atoms with Crippen LogP contribution >= 0.6 is 11.6 Å². The van der Waals surface area contributed by atoms with Crippen LogP contribution in [0.25, 0.3) is 0 Å². The summed E-state index contributed by atoms with van der Waals surface area (Å²) in [5.74, 6) is -0.0805. The Hall–Kier alpha value is -1.66. The third-order valence-corrected chi connectivity index (χ3v) is 5.17. The molecular weight excluding hydrogens is 358 g/mol. The van der Waals surface area contributed by atoms with Gasteiger partial charge in [-0.1, -0.05) is 18.2 Å². The lowest BCUT2D eigenvalue weighted by Crippen LogP contribution is -2.05. The topological polar surface area (TPSA) is 43.4 Å². The van der Waals surface area contributed by atoms with Gasteiger partial charge >= 0.3 is 0 Å². The second-order valence-electron chi connectivity index (χ2n) is 5.41. The van der Waals surface area contributed by atoms with Gasteiger partial charge in [-0.05, 0) is 55.5 Å². The van der Waals surface area contributed by atoms with Crippen molar-refractivity contribution in [2.24, 2.45) is 0 Å². The molecule has 0 amide bonds. The minimum absolute atomic E-state index is 0.0121. The third kappa shape index (κ3) is 4.92. The number of halogens is 3. The van der Waals surface area contributed by atoms with Crippen LogP contribution in [-0.2, 0) is 9.84 Å². The summed E-state index contributed by atoms with van der Waals surface area (Å²) in [4.78, 5) is 0.0121. The maximum absolute atomic E-state index is 13.4. The molecule has 0 saturated carbocycles. The molecule has 3 nitrogen and oxygen atoms in total. The summed E-state index contributed by atoms with van der Waals surface area (Å²) < 4.78 is 55.3. The second kappa shape index (κ2) is 7.94. The highest BCUT2D eigenvalue weighted by Crippen LogP contribution is 2.28. The number of sulfone groups is 1. The molecule has 0 radical (unpaired) electrons. The Morgan fingerprint density at radius 3 is 2.54 bits per heavy atom. The Morgan fingerprint density at radius 2 is 1.88 bits per heavy atom. The number of alkyl halides is 1. The molecule has 0 atom stereocenters. The van der Waals surface area contributed by atoms with Gasteiger partial charge in [0.15, 0.2) is 6.01 Å². The Morgan fingerprint density at radius 1 is 1.17 bits per heavy atom. The van der Waals surface area contributed by atoms with E-state index in [1.165, 1.54) is 18.2 Å². The second-order valence-corrected chi connectivity index (χ2v) is 7.81. The maximum atomic E-state index is 13.4. The summed E-state index contributed by atoms with van der Waals surface area (Å²) in [6.45, 7) is 3.91. The number of hydrogen-bond donors (Lipinski definition) is 0. The summed E-state index contributed by atoms with van der Waals surface area (Å²) in [7, 11) is -3.92. The summed E-state index contributed by atoms with van der Waals surface area (Å²) in [6, 6.07) is 2.31. The lowest BCUT2D eigenvalue weighted by atomic mass is 10.1. The van der Waals surface area contributed by atoms with E-state index in [2.05, 4.69) is 6.58 Å². The number of allylic oxidation sites excluding steroid dienone is 4. The largest absolute Gasteiger partial charge is 0.457 e. The molecule has 0 saturated heterocycles. The number of ether oxygens (including phenoxy) is 1. The van der Waals surface area contributed by atoms with E-state index in [9.17, 15) is 17.2 Å². The van der Waals surface area contributed by atoms with Gasteiger partial charge in [0, 0.05) is 16.0 Å². The van der Waals surface area contributed by atoms with Crippen LogP contribution in [0, 0.1) is 5.82 Å². The summed E-state index contributed by atoms with van der Waals surface area (Å²) >= 11 is 5.80. The fourth-order valence-electron chi connectivity index (χ4n) is 2.28. The zero-order valence-corrected chi connectivity index (χ0v) is 14.5. The van der Waals surface area contributed by atoms with Crippen molar-refractivity contribution < 1.29 is 21.9 Å². The van der Waals surface area contributed by atoms with E-state index in [1.54, 1.807) is 0 Å². The van der Waals surface area contributed by atoms with Gasteiger partial charge in [-0.15, -0.1) is 0 Å². The average Bonchev–Trinajstić information content (AvgIpc) is 2.59. The van der Waals surface area contributed by atoms with Gasteiger partial charge in [0.1, 0.15) is 17.3 Å². The van der Waals surface area contributed by atoms with Crippen molar-refractivity contribution in [3.63, 3.8) is 0 Å². The van der Waals surface area contributed by atoms with Crippen molar-refractivity contribution in [1.29, 1.82) is 0 Å². The van der Waals surface area contributed by atoms with Crippen LogP contribution in [-0.4, -0.2) is 14.4 Å². The molecular formula is C17H17ClF2O3S. The van der Waals surface area contributed by atoms with Crippen LogP contribution in [0.3, 0.4) is 0 Å². The molecule has 1 aromatic rings. The molecule has 0 heterocycles. The Kier molecular flexibility index (Phi) is 6.18. The molecule has 24 heavy (non-hydrogen) atoms. The van der Waals surface area contributed by atoms with Gasteiger partial charge in [0.2, 0.25) is 9.84 Å². The van der Waals surface area contributed by atoms with Crippen molar-refractivity contribution in [3.05, 3.63) is 64.0 Å². The van der Waals surface area contributed by atoms with Crippen LogP contribution in [0.5, 0.6) is 5.75 Å². The van der Waals surface area contributed by atoms with E-state index in [0.717, 1.165) is 12.1 Å². The molecule has 0 fully saturated rings. The summed E-state index contributed by atoms with van der Waals surface area (Å²) in [5.41, 5.74) is 0.644. The van der Waals surface area contributed by atoms with Gasteiger partial charge in [-0.3, -0.25) is 0 Å². The van der Waals surface area contributed by atoms with Gasteiger partial charge in [-0.25, -0.2) is 17.2 Å². The molecule has 7 heteroatoms. The standard InChI is InChI=1S/C17H17ClF2O3S/c1-12-4-2-3-5-16(24(21,22)11-19)6-7-17(12)23-15-9-13(18)8-14(20)10-15/h6-10H,1-5,11H2/b16-6+,17-7+. The first-order valence-electron chi connectivity index (χ1n) is 7.33. The first-order chi connectivity index (χ1) is 11.3. The number of benzene rings is 1. The van der Waals surface area contributed by atoms with Gasteiger partial charge < -0.3 is 4.74 Å². The zero-order chi connectivity index (χ0) is 17.7. The quantitative estimate of drug-likeness (QED) is 0.736. The number of rotatable bonds is 4. The first kappa shape index (κ1) is 18.7. The molecule has 1 aliphatic rings. The van der Waals surface area contributed by atoms with E-state index in [0.29, 0.717) is 30.6 Å². The van der Waals surface area contributed by atoms with Crippen LogP contribution in [0.2, 0.25) is 5.02 Å². The normalized spacial score (nSPS) is 20.9. The minimum Gasteiger partial charge on any atom is -0.457 e. The molecule has 130 valence electrons. The lowest BCUT2D eigenvalue weighted by Gasteiger charge is -2.12. The van der Waals surface area contributed by atoms with Crippen LogP contribution in [0.1, 0.15) is 25.7 Å². The molecule has 1 aromatic carbocycles. The van der Waals surface area contributed by atoms with Crippen molar-refractivity contribution in [2.75, 3.05) is 6.01 Å². The Labute approximate surface area is 145 Å². The molecule has 0 unspecified atom stereocenters. The SMILES string of the molecule is C=C1CCCC/C(S(=O)(=O)CF)=C\C=C/1Oc1cc(F)cc(Cl)c1. The molecule has 0 aliphatic heterocycles. The van der Waals surface area contributed by atoms with E-state index in [4.69, 9.17) is 16.3 Å². The van der Waals surface area contributed by atoms with Crippen LogP contribution < -0.4 is 4.74 Å². The van der Waals surface area contributed by atoms with Crippen molar-refractivity contribution >= 4 is 21.4 Å². The molecule has 0 N–H and O–H groups in total. The van der Waals surface area contributed by atoms with E-state index in [-0.39, 0.29) is 22.1 Å². The lowest BCUT2D eigenvalue weighted by molar-refractivity contribution is 0.428. The van der Waals surface area contributed by atoms with Gasteiger partial charge in [-0.2, -0.15) is 0 Å². The van der Waals surface area contributed by atoms with Gasteiger partial charge in [0.05, 0.1) is 0 Å². The summed E-state index contributed by atoms with van der Waals surface area (Å²) in [6.07, 6.45) is 4.87. The van der Waals surface area contributed by atoms with E-state index >= 15 is 0 Å². The smallest absolute Gasteiger partial charge is 0.203 e. The molecule has 0 spiro atoms. The van der Waals surface area contributed by atoms with Crippen molar-refractivity contribution in [2.45, 2.75) is 25.7 Å². The van der Waals surface area contributed by atoms with E-state index < -0.39 is 21.7 Å². The van der Waals surface area contributed by atoms with Crippen molar-refractivity contribution in [1.82, 2.24) is 0 Å². The third-order valence-electron chi connectivity index (χ3n) is 3.53.